The summed E-state index contributed by atoms with van der Waals surface area (Å²) in [6.07, 6.45) is -4.09. The van der Waals surface area contributed by atoms with Crippen LogP contribution in [0.3, 0.4) is 0 Å². The molecule has 0 aliphatic carbocycles. The van der Waals surface area contributed by atoms with Crippen LogP contribution in [0.15, 0.2) is 60.7 Å². The number of esters is 1. The number of aliphatic hydroxyl groups is 2. The van der Waals surface area contributed by atoms with E-state index in [-0.39, 0.29) is 24.7 Å². The maximum atomic E-state index is 12.7. The lowest BCUT2D eigenvalue weighted by molar-refractivity contribution is -0.159. The molecule has 2 aromatic rings. The highest BCUT2D eigenvalue weighted by molar-refractivity contribution is 6.99. The van der Waals surface area contributed by atoms with E-state index in [9.17, 15) is 19.8 Å². The Morgan fingerprint density at radius 3 is 1.82 bits per heavy atom. The van der Waals surface area contributed by atoms with Gasteiger partial charge in [-0.15, -0.1) is 0 Å². The van der Waals surface area contributed by atoms with Crippen molar-refractivity contribution >= 4 is 30.8 Å². The molecule has 0 fully saturated rings. The molecule has 0 heterocycles. The number of carbonyl (C=O) groups is 2. The van der Waals surface area contributed by atoms with Crippen LogP contribution in [-0.2, 0) is 18.7 Å². The Morgan fingerprint density at radius 2 is 1.39 bits per heavy atom. The molecule has 1 amide bonds. The Morgan fingerprint density at radius 1 is 0.895 bits per heavy atom. The number of carbonyl (C=O) groups excluding carboxylic acids is 2. The molecule has 0 spiro atoms. The van der Waals surface area contributed by atoms with Crippen LogP contribution in [0.2, 0.25) is 5.04 Å². The van der Waals surface area contributed by atoms with Gasteiger partial charge in [0.05, 0.1) is 25.4 Å². The number of nitrogens with one attached hydrogen (secondary N) is 1. The maximum absolute atomic E-state index is 12.7. The number of ether oxygens (including phenoxy) is 2. The smallest absolute Gasteiger partial charge is 0.407 e. The van der Waals surface area contributed by atoms with Crippen LogP contribution in [0.25, 0.3) is 0 Å². The molecule has 38 heavy (non-hydrogen) atoms. The monoisotopic (exact) mass is 545 g/mol. The van der Waals surface area contributed by atoms with Crippen LogP contribution >= 0.6 is 0 Å². The van der Waals surface area contributed by atoms with Gasteiger partial charge >= 0.3 is 12.1 Å². The molecule has 0 saturated carbocycles. The summed E-state index contributed by atoms with van der Waals surface area (Å²) in [6.45, 7) is 13.3. The summed E-state index contributed by atoms with van der Waals surface area (Å²) < 4.78 is 17.2. The van der Waals surface area contributed by atoms with Gasteiger partial charge in [0.2, 0.25) is 0 Å². The predicted molar refractivity (Wildman–Crippen MR) is 150 cm³/mol. The molecule has 3 N–H and O–H groups in total. The summed E-state index contributed by atoms with van der Waals surface area (Å²) in [7, 11) is -2.95. The Kier molecular flexibility index (Phi) is 11.1. The number of rotatable bonds is 11. The van der Waals surface area contributed by atoms with Gasteiger partial charge in [-0.05, 0) is 49.5 Å². The first-order valence-corrected chi connectivity index (χ1v) is 14.9. The minimum absolute atomic E-state index is 0.0130. The summed E-state index contributed by atoms with van der Waals surface area (Å²) in [5.41, 5.74) is -0.740. The minimum Gasteiger partial charge on any atom is -0.464 e. The molecule has 0 aliphatic rings. The molecule has 9 heteroatoms. The molecule has 0 aromatic heterocycles. The zero-order valence-electron chi connectivity index (χ0n) is 23.6. The number of amides is 1. The Labute approximate surface area is 227 Å². The summed E-state index contributed by atoms with van der Waals surface area (Å²) in [6, 6.07) is 19.3. The lowest BCUT2D eigenvalue weighted by Gasteiger charge is -2.44. The molecule has 0 unspecified atom stereocenters. The number of hydrogen-bond donors (Lipinski definition) is 3. The molecule has 0 saturated heterocycles. The minimum atomic E-state index is -2.95. The molecule has 8 nitrogen and oxygen atoms in total. The van der Waals surface area contributed by atoms with Gasteiger partial charge in [0.25, 0.3) is 8.32 Å². The standard InChI is InChI=1S/C29H43NO7Si/c1-8-35-26(33)25(32)24(31)19-21(30-27(34)37-28(2,3)4)20-36-38(29(5,6)7,22-15-11-9-12-16-22)23-17-13-10-14-18-23/h9-18,21,24-25,31-32H,8,19-20H2,1-7H3,(H,30,34)/t21-,24-,25+/m0/s1. The van der Waals surface area contributed by atoms with Gasteiger partial charge in [-0.3, -0.25) is 0 Å². The summed E-state index contributed by atoms with van der Waals surface area (Å²) in [5, 5.41) is 25.5. The molecule has 2 rings (SSSR count). The molecular formula is C29H43NO7Si. The largest absolute Gasteiger partial charge is 0.464 e. The summed E-state index contributed by atoms with van der Waals surface area (Å²) >= 11 is 0. The normalized spacial score (nSPS) is 14.8. The Balaban J connectivity index is 2.45. The summed E-state index contributed by atoms with van der Waals surface area (Å²) in [5.74, 6) is -0.927. The maximum Gasteiger partial charge on any atom is 0.407 e. The predicted octanol–water partition coefficient (Wildman–Crippen LogP) is 3.13. The van der Waals surface area contributed by atoms with Crippen molar-refractivity contribution in [2.75, 3.05) is 13.2 Å². The first kappa shape index (κ1) is 31.5. The van der Waals surface area contributed by atoms with Crippen molar-refractivity contribution in [2.24, 2.45) is 0 Å². The van der Waals surface area contributed by atoms with Crippen molar-refractivity contribution < 1.29 is 33.7 Å². The van der Waals surface area contributed by atoms with Gasteiger partial charge in [-0.2, -0.15) is 0 Å². The second kappa shape index (κ2) is 13.4. The highest BCUT2D eigenvalue weighted by Crippen LogP contribution is 2.37. The van der Waals surface area contributed by atoms with Gasteiger partial charge in [0.1, 0.15) is 5.60 Å². The van der Waals surface area contributed by atoms with Gasteiger partial charge in [0, 0.05) is 0 Å². The van der Waals surface area contributed by atoms with Crippen molar-refractivity contribution in [3.05, 3.63) is 60.7 Å². The fourth-order valence-electron chi connectivity index (χ4n) is 4.44. The van der Waals surface area contributed by atoms with Crippen LogP contribution in [0.1, 0.15) is 54.9 Å². The van der Waals surface area contributed by atoms with E-state index in [4.69, 9.17) is 13.9 Å². The third-order valence-electron chi connectivity index (χ3n) is 6.06. The van der Waals surface area contributed by atoms with E-state index in [1.54, 1.807) is 27.7 Å². The van der Waals surface area contributed by atoms with Gasteiger partial charge in [-0.25, -0.2) is 9.59 Å². The topological polar surface area (TPSA) is 114 Å². The Bertz CT molecular complexity index is 979. The van der Waals surface area contributed by atoms with E-state index in [0.717, 1.165) is 10.4 Å². The fourth-order valence-corrected chi connectivity index (χ4v) is 9.04. The quantitative estimate of drug-likeness (QED) is 0.294. The molecule has 210 valence electrons. The summed E-state index contributed by atoms with van der Waals surface area (Å²) in [4.78, 5) is 24.7. The van der Waals surface area contributed by atoms with Crippen molar-refractivity contribution in [1.29, 1.82) is 0 Å². The van der Waals surface area contributed by atoms with Crippen molar-refractivity contribution in [3.8, 4) is 0 Å². The number of alkyl carbamates (subject to hydrolysis) is 1. The second-order valence-corrected chi connectivity index (χ2v) is 15.6. The van der Waals surface area contributed by atoms with Gasteiger partial charge in [0.15, 0.2) is 6.10 Å². The third kappa shape index (κ3) is 8.39. The molecule has 0 bridgehead atoms. The fraction of sp³-hybridized carbons (Fsp3) is 0.517. The Hall–Kier alpha value is -2.72. The third-order valence-corrected chi connectivity index (χ3v) is 11.1. The van der Waals surface area contributed by atoms with Crippen LogP contribution in [0, 0.1) is 0 Å². The van der Waals surface area contributed by atoms with Crippen LogP contribution in [-0.4, -0.2) is 67.7 Å². The lowest BCUT2D eigenvalue weighted by Crippen LogP contribution is -2.67. The molecular weight excluding hydrogens is 502 g/mol. The van der Waals surface area contributed by atoms with Crippen LogP contribution in [0.5, 0.6) is 0 Å². The van der Waals surface area contributed by atoms with Crippen molar-refractivity contribution in [3.63, 3.8) is 0 Å². The van der Waals surface area contributed by atoms with Gasteiger partial charge < -0.3 is 29.4 Å². The first-order valence-electron chi connectivity index (χ1n) is 13.0. The zero-order valence-corrected chi connectivity index (χ0v) is 24.6. The van der Waals surface area contributed by atoms with Crippen molar-refractivity contribution in [1.82, 2.24) is 5.32 Å². The zero-order chi connectivity index (χ0) is 28.6. The van der Waals surface area contributed by atoms with E-state index < -0.39 is 44.2 Å². The van der Waals surface area contributed by atoms with E-state index >= 15 is 0 Å². The van der Waals surface area contributed by atoms with Crippen LogP contribution in [0.4, 0.5) is 4.79 Å². The highest BCUT2D eigenvalue weighted by Gasteiger charge is 2.50. The second-order valence-electron chi connectivity index (χ2n) is 11.3. The SMILES string of the molecule is CCOC(=O)[C@H](O)[C@@H](O)C[C@@H](CO[Si](c1ccccc1)(c1ccccc1)C(C)(C)C)NC(=O)OC(C)(C)C. The highest BCUT2D eigenvalue weighted by atomic mass is 28.4. The number of aliphatic hydroxyl groups excluding tert-OH is 2. The average Bonchev–Trinajstić information content (AvgIpc) is 2.83. The lowest BCUT2D eigenvalue weighted by atomic mass is 10.1. The van der Waals surface area contributed by atoms with E-state index in [0.29, 0.717) is 0 Å². The first-order chi connectivity index (χ1) is 17.7. The molecule has 3 atom stereocenters. The van der Waals surface area contributed by atoms with Crippen molar-refractivity contribution in [2.45, 2.75) is 83.8 Å². The average molecular weight is 546 g/mol. The molecule has 0 radical (unpaired) electrons. The van der Waals surface area contributed by atoms with E-state index in [2.05, 4.69) is 50.4 Å². The van der Waals surface area contributed by atoms with E-state index in [1.165, 1.54) is 0 Å². The number of hydrogen-bond acceptors (Lipinski definition) is 7. The van der Waals surface area contributed by atoms with Gasteiger partial charge in [-0.1, -0.05) is 81.4 Å². The van der Waals surface area contributed by atoms with E-state index in [1.807, 2.05) is 36.4 Å². The van der Waals surface area contributed by atoms with Crippen LogP contribution < -0.4 is 15.7 Å². The molecule has 0 aliphatic heterocycles. The number of benzene rings is 2. The molecule has 2 aromatic carbocycles.